The van der Waals surface area contributed by atoms with E-state index < -0.39 is 11.7 Å². The van der Waals surface area contributed by atoms with Crippen molar-refractivity contribution in [2.75, 3.05) is 5.32 Å². The van der Waals surface area contributed by atoms with Crippen LogP contribution in [0, 0.1) is 0 Å². The highest BCUT2D eigenvalue weighted by molar-refractivity contribution is 5.79. The highest BCUT2D eigenvalue weighted by Gasteiger charge is 2.30. The van der Waals surface area contributed by atoms with Crippen LogP contribution in [0.4, 0.5) is 24.8 Å². The Labute approximate surface area is 179 Å². The molecule has 0 fully saturated rings. The molecular weight excluding hydrogens is 421 g/mol. The molecule has 11 heteroatoms. The Morgan fingerprint density at radius 3 is 2.47 bits per heavy atom. The number of benzene rings is 1. The van der Waals surface area contributed by atoms with E-state index in [-0.39, 0.29) is 5.95 Å². The first-order valence-electron chi connectivity index (χ1n) is 9.50. The number of hydrogen-bond donors (Lipinski definition) is 1. The number of aryl methyl sites for hydroxylation is 1. The van der Waals surface area contributed by atoms with E-state index >= 15 is 0 Å². The van der Waals surface area contributed by atoms with E-state index in [1.165, 1.54) is 16.6 Å². The van der Waals surface area contributed by atoms with E-state index in [2.05, 4.69) is 30.7 Å². The maximum atomic E-state index is 12.8. The minimum atomic E-state index is -4.39. The van der Waals surface area contributed by atoms with Crippen molar-refractivity contribution in [2.24, 2.45) is 7.05 Å². The third kappa shape index (κ3) is 3.53. The largest absolute Gasteiger partial charge is 0.416 e. The molecule has 8 nitrogen and oxygen atoms in total. The molecule has 4 aromatic heterocycles. The summed E-state index contributed by atoms with van der Waals surface area (Å²) in [6.45, 7) is 0. The highest BCUT2D eigenvalue weighted by Crippen LogP contribution is 2.31. The summed E-state index contributed by atoms with van der Waals surface area (Å²) in [5, 5.41) is 19.8. The first kappa shape index (κ1) is 19.7. The average Bonchev–Trinajstić information content (AvgIpc) is 3.39. The number of anilines is 2. The molecule has 160 valence electrons. The third-order valence-corrected chi connectivity index (χ3v) is 4.91. The molecule has 1 aromatic carbocycles. The molecule has 0 unspecified atom stereocenters. The standard InChI is InChI=1S/C21H15F3N8/c1-31-17(8-10-26-31)16-3-2-9-25-19(16)13-11-18-29-30-20(32(18)27-12-13)28-15-6-4-14(5-7-15)21(22,23)24/h2-12H,1H3,(H,28,30). The normalized spacial score (nSPS) is 11.8. The zero-order valence-corrected chi connectivity index (χ0v) is 16.6. The van der Waals surface area contributed by atoms with Gasteiger partial charge in [0.15, 0.2) is 5.65 Å². The second-order valence-corrected chi connectivity index (χ2v) is 6.98. The van der Waals surface area contributed by atoms with Gasteiger partial charge in [0.1, 0.15) is 0 Å². The maximum absolute atomic E-state index is 12.8. The number of alkyl halides is 3. The van der Waals surface area contributed by atoms with Gasteiger partial charge in [-0.3, -0.25) is 9.67 Å². The lowest BCUT2D eigenvalue weighted by molar-refractivity contribution is -0.137. The van der Waals surface area contributed by atoms with Crippen LogP contribution in [0.15, 0.2) is 67.1 Å². The van der Waals surface area contributed by atoms with Crippen molar-refractivity contribution >= 4 is 17.3 Å². The van der Waals surface area contributed by atoms with Gasteiger partial charge in [0.25, 0.3) is 0 Å². The molecule has 0 saturated heterocycles. The van der Waals surface area contributed by atoms with Gasteiger partial charge in [-0.1, -0.05) is 0 Å². The lowest BCUT2D eigenvalue weighted by atomic mass is 10.1. The fourth-order valence-electron chi connectivity index (χ4n) is 3.35. The lowest BCUT2D eigenvalue weighted by Crippen LogP contribution is -2.05. The van der Waals surface area contributed by atoms with Crippen LogP contribution in [0.1, 0.15) is 5.56 Å². The van der Waals surface area contributed by atoms with E-state index in [9.17, 15) is 13.2 Å². The molecular formula is C21H15F3N8. The summed E-state index contributed by atoms with van der Waals surface area (Å²) in [5.74, 6) is 0.277. The predicted molar refractivity (Wildman–Crippen MR) is 111 cm³/mol. The molecule has 0 amide bonds. The summed E-state index contributed by atoms with van der Waals surface area (Å²) in [7, 11) is 1.85. The van der Waals surface area contributed by atoms with Crippen molar-refractivity contribution in [3.63, 3.8) is 0 Å². The van der Waals surface area contributed by atoms with Crippen molar-refractivity contribution < 1.29 is 13.2 Å². The topological polar surface area (TPSA) is 85.8 Å². The van der Waals surface area contributed by atoms with Crippen LogP contribution in [0.2, 0.25) is 0 Å². The van der Waals surface area contributed by atoms with Gasteiger partial charge in [0, 0.05) is 36.3 Å². The van der Waals surface area contributed by atoms with E-state index in [0.717, 1.165) is 29.0 Å². The first-order chi connectivity index (χ1) is 15.4. The fourth-order valence-corrected chi connectivity index (χ4v) is 3.35. The van der Waals surface area contributed by atoms with Crippen molar-refractivity contribution in [1.82, 2.24) is 34.6 Å². The summed E-state index contributed by atoms with van der Waals surface area (Å²) < 4.78 is 41.5. The molecule has 0 radical (unpaired) electrons. The Morgan fingerprint density at radius 1 is 0.938 bits per heavy atom. The summed E-state index contributed by atoms with van der Waals surface area (Å²) in [6.07, 6.45) is 0.653. The second-order valence-electron chi connectivity index (χ2n) is 6.98. The number of hydrogen-bond acceptors (Lipinski definition) is 6. The zero-order valence-electron chi connectivity index (χ0n) is 16.6. The quantitative estimate of drug-likeness (QED) is 0.451. The Hall–Kier alpha value is -4.28. The van der Waals surface area contributed by atoms with Gasteiger partial charge in [-0.15, -0.1) is 10.2 Å². The van der Waals surface area contributed by atoms with Gasteiger partial charge in [0.2, 0.25) is 5.95 Å². The number of halogens is 3. The molecule has 4 heterocycles. The predicted octanol–water partition coefficient (Wildman–Crippen LogP) is 4.35. The molecule has 0 atom stereocenters. The number of nitrogens with one attached hydrogen (secondary N) is 1. The van der Waals surface area contributed by atoms with Gasteiger partial charge in [0.05, 0.1) is 23.1 Å². The second kappa shape index (κ2) is 7.45. The van der Waals surface area contributed by atoms with E-state index in [1.807, 2.05) is 25.2 Å². The van der Waals surface area contributed by atoms with Crippen molar-refractivity contribution in [2.45, 2.75) is 6.18 Å². The fraction of sp³-hybridized carbons (Fsp3) is 0.0952. The van der Waals surface area contributed by atoms with Crippen LogP contribution < -0.4 is 5.32 Å². The maximum Gasteiger partial charge on any atom is 0.416 e. The van der Waals surface area contributed by atoms with E-state index in [0.29, 0.717) is 17.0 Å². The SMILES string of the molecule is Cn1nccc1-c1cccnc1-c1cnn2c(Nc3ccc(C(F)(F)F)cc3)nnc2c1. The number of aromatic nitrogens is 7. The minimum absolute atomic E-state index is 0.277. The number of nitrogens with zero attached hydrogens (tertiary/aromatic N) is 7. The number of pyridine rings is 1. The summed E-state index contributed by atoms with van der Waals surface area (Å²) in [6, 6.07) is 12.1. The van der Waals surface area contributed by atoms with Crippen LogP contribution in [-0.4, -0.2) is 34.6 Å². The summed E-state index contributed by atoms with van der Waals surface area (Å²) in [4.78, 5) is 4.51. The van der Waals surface area contributed by atoms with Gasteiger partial charge in [-0.25, -0.2) is 0 Å². The lowest BCUT2D eigenvalue weighted by Gasteiger charge is -2.09. The molecule has 5 aromatic rings. The Balaban J connectivity index is 1.47. The summed E-state index contributed by atoms with van der Waals surface area (Å²) in [5.41, 5.74) is 3.41. The van der Waals surface area contributed by atoms with Crippen LogP contribution >= 0.6 is 0 Å². The molecule has 1 N–H and O–H groups in total. The average molecular weight is 436 g/mol. The molecule has 0 aliphatic heterocycles. The minimum Gasteiger partial charge on any atom is -0.323 e. The van der Waals surface area contributed by atoms with E-state index in [4.69, 9.17) is 0 Å². The highest BCUT2D eigenvalue weighted by atomic mass is 19.4. The van der Waals surface area contributed by atoms with Gasteiger partial charge in [-0.2, -0.15) is 27.9 Å². The molecule has 0 saturated carbocycles. The molecule has 0 bridgehead atoms. The zero-order chi connectivity index (χ0) is 22.3. The van der Waals surface area contributed by atoms with Crippen LogP contribution in [0.5, 0.6) is 0 Å². The Morgan fingerprint density at radius 2 is 1.75 bits per heavy atom. The third-order valence-electron chi connectivity index (χ3n) is 4.91. The molecule has 0 aliphatic carbocycles. The molecule has 0 spiro atoms. The molecule has 5 rings (SSSR count). The first-order valence-corrected chi connectivity index (χ1v) is 9.50. The van der Waals surface area contributed by atoms with Crippen LogP contribution in [0.3, 0.4) is 0 Å². The monoisotopic (exact) mass is 436 g/mol. The molecule has 0 aliphatic rings. The Kier molecular flexibility index (Phi) is 4.58. The van der Waals surface area contributed by atoms with Crippen LogP contribution in [0.25, 0.3) is 28.2 Å². The van der Waals surface area contributed by atoms with Crippen molar-refractivity contribution in [3.8, 4) is 22.5 Å². The van der Waals surface area contributed by atoms with E-state index in [1.54, 1.807) is 29.3 Å². The Bertz CT molecular complexity index is 1400. The smallest absolute Gasteiger partial charge is 0.323 e. The van der Waals surface area contributed by atoms with Gasteiger partial charge >= 0.3 is 6.18 Å². The van der Waals surface area contributed by atoms with Crippen molar-refractivity contribution in [1.29, 1.82) is 0 Å². The van der Waals surface area contributed by atoms with Crippen molar-refractivity contribution in [3.05, 3.63) is 72.7 Å². The number of rotatable bonds is 4. The summed E-state index contributed by atoms with van der Waals surface area (Å²) >= 11 is 0. The van der Waals surface area contributed by atoms with Gasteiger partial charge in [-0.05, 0) is 48.5 Å². The van der Waals surface area contributed by atoms with Crippen LogP contribution in [-0.2, 0) is 13.2 Å². The molecule has 32 heavy (non-hydrogen) atoms. The number of fused-ring (bicyclic) bond motifs is 1. The van der Waals surface area contributed by atoms with Gasteiger partial charge < -0.3 is 5.32 Å².